The molecular formula is C17H19ClN4S2. The Bertz CT molecular complexity index is 667. The summed E-state index contributed by atoms with van der Waals surface area (Å²) in [6.07, 6.45) is 14.6. The predicted octanol–water partition coefficient (Wildman–Crippen LogP) is 4.14. The van der Waals surface area contributed by atoms with Crippen molar-refractivity contribution in [3.8, 4) is 0 Å². The molecule has 7 heteroatoms. The number of allylic oxidation sites excluding steroid dienone is 4. The summed E-state index contributed by atoms with van der Waals surface area (Å²) in [6, 6.07) is -0.110. The van der Waals surface area contributed by atoms with Crippen molar-refractivity contribution in [2.24, 2.45) is 15.1 Å². The van der Waals surface area contributed by atoms with Crippen molar-refractivity contribution in [3.05, 3.63) is 52.9 Å². The first kappa shape index (κ1) is 18.9. The van der Waals surface area contributed by atoms with Gasteiger partial charge in [-0.1, -0.05) is 23.4 Å². The number of hydrazone groups is 1. The van der Waals surface area contributed by atoms with Crippen LogP contribution < -0.4 is 5.43 Å². The highest BCUT2D eigenvalue weighted by molar-refractivity contribution is 8.25. The maximum absolute atomic E-state index is 6.27. The molecule has 0 aromatic carbocycles. The highest BCUT2D eigenvalue weighted by Gasteiger charge is 2.17. The molecule has 0 spiro atoms. The van der Waals surface area contributed by atoms with Crippen molar-refractivity contribution in [1.29, 1.82) is 0 Å². The average Bonchev–Trinajstić information content (AvgIpc) is 2.95. The van der Waals surface area contributed by atoms with Crippen LogP contribution >= 0.6 is 35.1 Å². The lowest BCUT2D eigenvalue weighted by molar-refractivity contribution is 0.891. The van der Waals surface area contributed by atoms with E-state index in [0.29, 0.717) is 4.58 Å². The van der Waals surface area contributed by atoms with Gasteiger partial charge in [0.25, 0.3) is 0 Å². The molecule has 0 aromatic rings. The van der Waals surface area contributed by atoms with Gasteiger partial charge in [-0.25, -0.2) is 0 Å². The van der Waals surface area contributed by atoms with Crippen molar-refractivity contribution in [2.75, 3.05) is 12.8 Å². The number of rotatable bonds is 6. The van der Waals surface area contributed by atoms with Gasteiger partial charge in [0.1, 0.15) is 11.1 Å². The standard InChI is InChI=1S/C17H19ClN4S2/c1-13(23-12-14-6-4-3-5-7-15(14)18)24-17(22-19-2)16-8-9-20-10-11-21-16/h4-11,13,16,19H,12H2,1-2H3/b22-17-. The quantitative estimate of drug-likeness (QED) is 0.248. The first-order valence-electron chi connectivity index (χ1n) is 7.42. The van der Waals surface area contributed by atoms with Gasteiger partial charge >= 0.3 is 0 Å². The third-order valence-corrected chi connectivity index (χ3v) is 5.92. The van der Waals surface area contributed by atoms with E-state index in [1.165, 1.54) is 0 Å². The first-order valence-corrected chi connectivity index (χ1v) is 9.73. The van der Waals surface area contributed by atoms with E-state index in [-0.39, 0.29) is 6.04 Å². The van der Waals surface area contributed by atoms with E-state index >= 15 is 0 Å². The summed E-state index contributed by atoms with van der Waals surface area (Å²) >= 11 is 9.77. The average molecular weight is 379 g/mol. The second kappa shape index (κ2) is 10.4. The van der Waals surface area contributed by atoms with Crippen LogP contribution in [0.4, 0.5) is 0 Å². The highest BCUT2D eigenvalue weighted by Crippen LogP contribution is 2.30. The Morgan fingerprint density at radius 3 is 3.08 bits per heavy atom. The van der Waals surface area contributed by atoms with Gasteiger partial charge < -0.3 is 5.43 Å². The van der Waals surface area contributed by atoms with Gasteiger partial charge in [0.15, 0.2) is 0 Å². The minimum Gasteiger partial charge on any atom is -0.312 e. The first-order chi connectivity index (χ1) is 11.7. The van der Waals surface area contributed by atoms with Gasteiger partial charge in [-0.3, -0.25) is 9.98 Å². The van der Waals surface area contributed by atoms with Crippen molar-refractivity contribution >= 4 is 52.6 Å². The lowest BCUT2D eigenvalue weighted by atomic mass is 10.2. The molecule has 0 radical (unpaired) electrons. The fourth-order valence-corrected chi connectivity index (χ4v) is 4.33. The fraction of sp³-hybridized carbons (Fsp3) is 0.294. The normalized spacial score (nSPS) is 21.1. The molecule has 1 aliphatic heterocycles. The van der Waals surface area contributed by atoms with Crippen LogP contribution in [0.25, 0.3) is 0 Å². The van der Waals surface area contributed by atoms with E-state index in [9.17, 15) is 0 Å². The summed E-state index contributed by atoms with van der Waals surface area (Å²) in [4.78, 5) is 8.52. The zero-order valence-electron chi connectivity index (χ0n) is 13.5. The number of nitrogens with one attached hydrogen (secondary N) is 1. The Hall–Kier alpha value is -1.46. The molecule has 2 atom stereocenters. The lowest BCUT2D eigenvalue weighted by Crippen LogP contribution is -2.18. The topological polar surface area (TPSA) is 49.1 Å². The number of thioether (sulfide) groups is 2. The molecule has 1 heterocycles. The van der Waals surface area contributed by atoms with Crippen LogP contribution in [0.1, 0.15) is 6.92 Å². The molecule has 1 aliphatic carbocycles. The van der Waals surface area contributed by atoms with Crippen LogP contribution in [0, 0.1) is 0 Å². The molecule has 126 valence electrons. The molecule has 0 saturated heterocycles. The van der Waals surface area contributed by atoms with Gasteiger partial charge in [0.2, 0.25) is 0 Å². The summed E-state index contributed by atoms with van der Waals surface area (Å²) in [5, 5.41) is 6.05. The molecule has 2 aliphatic rings. The van der Waals surface area contributed by atoms with Gasteiger partial charge in [-0.05, 0) is 42.9 Å². The number of hydrogen-bond acceptors (Lipinski definition) is 6. The van der Waals surface area contributed by atoms with E-state index in [1.807, 2.05) is 42.1 Å². The summed E-state index contributed by atoms with van der Waals surface area (Å²) in [5.74, 6) is 0.829. The smallest absolute Gasteiger partial charge is 0.123 e. The maximum atomic E-state index is 6.27. The molecule has 0 amide bonds. The Morgan fingerprint density at radius 1 is 1.42 bits per heavy atom. The van der Waals surface area contributed by atoms with E-state index in [2.05, 4.69) is 33.2 Å². The molecule has 0 saturated carbocycles. The second-order valence-corrected chi connectivity index (χ2v) is 8.16. The van der Waals surface area contributed by atoms with E-state index in [0.717, 1.165) is 21.4 Å². The second-order valence-electron chi connectivity index (χ2n) is 4.76. The van der Waals surface area contributed by atoms with Crippen LogP contribution in [0.5, 0.6) is 0 Å². The number of nitrogens with zero attached hydrogens (tertiary/aromatic N) is 3. The number of aliphatic imine (C=N–C) groups is 2. The molecule has 4 nitrogen and oxygen atoms in total. The minimum atomic E-state index is -0.110. The molecule has 1 N–H and O–H groups in total. The van der Waals surface area contributed by atoms with Crippen LogP contribution in [0.3, 0.4) is 0 Å². The van der Waals surface area contributed by atoms with Gasteiger partial charge in [0, 0.05) is 36.5 Å². The zero-order valence-corrected chi connectivity index (χ0v) is 15.9. The monoisotopic (exact) mass is 378 g/mol. The van der Waals surface area contributed by atoms with Crippen molar-refractivity contribution in [2.45, 2.75) is 17.5 Å². The number of hydrogen-bond donors (Lipinski definition) is 1. The van der Waals surface area contributed by atoms with Crippen LogP contribution in [0.2, 0.25) is 0 Å². The Kier molecular flexibility index (Phi) is 8.19. The van der Waals surface area contributed by atoms with Crippen molar-refractivity contribution in [1.82, 2.24) is 5.43 Å². The van der Waals surface area contributed by atoms with Crippen LogP contribution in [-0.2, 0) is 0 Å². The summed E-state index contributed by atoms with van der Waals surface area (Å²) in [6.45, 7) is 2.16. The molecule has 24 heavy (non-hydrogen) atoms. The van der Waals surface area contributed by atoms with Gasteiger partial charge in [0.05, 0.1) is 4.58 Å². The van der Waals surface area contributed by atoms with E-state index < -0.39 is 0 Å². The molecular weight excluding hydrogens is 360 g/mol. The molecule has 0 fully saturated rings. The largest absolute Gasteiger partial charge is 0.312 e. The lowest BCUT2D eigenvalue weighted by Gasteiger charge is -2.16. The Morgan fingerprint density at radius 2 is 2.25 bits per heavy atom. The van der Waals surface area contributed by atoms with E-state index in [1.54, 1.807) is 37.4 Å². The molecule has 0 bridgehead atoms. The zero-order chi connectivity index (χ0) is 17.2. The summed E-state index contributed by atoms with van der Waals surface area (Å²) in [7, 11) is 1.79. The minimum absolute atomic E-state index is 0.110. The van der Waals surface area contributed by atoms with Gasteiger partial charge in [-0.2, -0.15) is 5.10 Å². The van der Waals surface area contributed by atoms with Crippen molar-refractivity contribution in [3.63, 3.8) is 0 Å². The van der Waals surface area contributed by atoms with Crippen LogP contribution in [-0.4, -0.2) is 40.9 Å². The summed E-state index contributed by atoms with van der Waals surface area (Å²) in [5.41, 5.74) is 6.99. The third kappa shape index (κ3) is 6.21. The maximum Gasteiger partial charge on any atom is 0.123 e. The Labute approximate surface area is 156 Å². The summed E-state index contributed by atoms with van der Waals surface area (Å²) < 4.78 is 0.301. The van der Waals surface area contributed by atoms with Crippen LogP contribution in [0.15, 0.2) is 68.0 Å². The molecule has 0 aromatic heterocycles. The van der Waals surface area contributed by atoms with E-state index in [4.69, 9.17) is 11.6 Å². The molecule has 2 unspecified atom stereocenters. The fourth-order valence-electron chi connectivity index (χ4n) is 1.86. The third-order valence-electron chi connectivity index (χ3n) is 3.00. The Balaban J connectivity index is 1.94. The number of halogens is 1. The SMILES string of the molecule is CN/N=C(\SC(C)SCC1=CC=C=CC=C1Cl)C1C=CN=CC=N1. The van der Waals surface area contributed by atoms with Gasteiger partial charge in [-0.15, -0.1) is 17.5 Å². The predicted molar refractivity (Wildman–Crippen MR) is 111 cm³/mol. The van der Waals surface area contributed by atoms with Crippen molar-refractivity contribution < 1.29 is 0 Å². The molecule has 2 rings (SSSR count). The highest BCUT2D eigenvalue weighted by atomic mass is 35.5.